The lowest BCUT2D eigenvalue weighted by molar-refractivity contribution is -0.140. The molecule has 0 aliphatic rings. The largest absolute Gasteiger partial charge is 0.474 e. The number of ether oxygens (including phenoxy) is 1. The van der Waals surface area contributed by atoms with Gasteiger partial charge in [0, 0.05) is 37.3 Å². The van der Waals surface area contributed by atoms with Crippen molar-refractivity contribution in [1.29, 1.82) is 0 Å². The predicted octanol–water partition coefficient (Wildman–Crippen LogP) is 2.96. The number of rotatable bonds is 4. The molecule has 192 valence electrons. The number of amides is 1. The molecule has 36 heavy (non-hydrogen) atoms. The number of halogens is 3. The summed E-state index contributed by atoms with van der Waals surface area (Å²) >= 11 is 0. The van der Waals surface area contributed by atoms with Crippen molar-refractivity contribution < 1.29 is 22.7 Å². The van der Waals surface area contributed by atoms with Gasteiger partial charge in [-0.15, -0.1) is 0 Å². The summed E-state index contributed by atoms with van der Waals surface area (Å²) in [6.45, 7) is 5.34. The minimum absolute atomic E-state index is 0.0623. The van der Waals surface area contributed by atoms with E-state index >= 15 is 0 Å². The third-order valence-corrected chi connectivity index (χ3v) is 5.33. The number of anilines is 2. The first-order valence-corrected chi connectivity index (χ1v) is 10.8. The highest BCUT2D eigenvalue weighted by molar-refractivity contribution is 6.12. The number of benzene rings is 1. The van der Waals surface area contributed by atoms with Gasteiger partial charge in [0.25, 0.3) is 5.91 Å². The Kier molecular flexibility index (Phi) is 7.45. The standard InChI is InChI=1S/C12H12N6O.C10H14F3N3O/c1-14-11(19)9-7-4-3-6-5-15-12(13)16-8(6)10(7)18(2)17-9;1-5(2)6(3)17-8-7(10(11,12)13)4-15-9(14)16-8/h3-5H,1-2H3,(H,14,19)(H2,13,15,16);4-6H,1-3H3,(H2,14,15,16)/t;6-/m.1/s1. The van der Waals surface area contributed by atoms with E-state index in [1.807, 2.05) is 26.0 Å². The highest BCUT2D eigenvalue weighted by Gasteiger charge is 2.36. The minimum atomic E-state index is -4.56. The van der Waals surface area contributed by atoms with Crippen molar-refractivity contribution >= 4 is 39.6 Å². The molecule has 14 heteroatoms. The first-order valence-electron chi connectivity index (χ1n) is 10.8. The van der Waals surface area contributed by atoms with Gasteiger partial charge in [0.05, 0.1) is 11.6 Å². The summed E-state index contributed by atoms with van der Waals surface area (Å²) in [7, 11) is 3.34. The number of fused-ring (bicyclic) bond motifs is 3. The lowest BCUT2D eigenvalue weighted by Gasteiger charge is -2.19. The third kappa shape index (κ3) is 5.53. The summed E-state index contributed by atoms with van der Waals surface area (Å²) in [5.41, 5.74) is 11.7. The molecule has 0 aliphatic heterocycles. The minimum Gasteiger partial charge on any atom is -0.474 e. The number of aryl methyl sites for hydroxylation is 1. The quantitative estimate of drug-likeness (QED) is 0.379. The second-order valence-electron chi connectivity index (χ2n) is 8.19. The summed E-state index contributed by atoms with van der Waals surface area (Å²) < 4.78 is 44.7. The van der Waals surface area contributed by atoms with Crippen LogP contribution < -0.4 is 21.5 Å². The van der Waals surface area contributed by atoms with Gasteiger partial charge in [0.1, 0.15) is 11.1 Å². The number of hydrogen-bond donors (Lipinski definition) is 3. The average Bonchev–Trinajstić information content (AvgIpc) is 3.15. The van der Waals surface area contributed by atoms with Gasteiger partial charge in [-0.2, -0.15) is 23.3 Å². The van der Waals surface area contributed by atoms with Crippen molar-refractivity contribution in [3.05, 3.63) is 35.8 Å². The molecule has 1 amide bonds. The fourth-order valence-corrected chi connectivity index (χ4v) is 3.13. The number of nitrogens with one attached hydrogen (secondary N) is 1. The van der Waals surface area contributed by atoms with E-state index in [1.54, 1.807) is 31.9 Å². The molecule has 0 unspecified atom stereocenters. The summed E-state index contributed by atoms with van der Waals surface area (Å²) in [6.07, 6.45) is -2.67. The van der Waals surface area contributed by atoms with Crippen LogP contribution in [0.5, 0.6) is 5.88 Å². The topological polar surface area (TPSA) is 160 Å². The van der Waals surface area contributed by atoms with E-state index in [1.165, 1.54) is 0 Å². The zero-order valence-electron chi connectivity index (χ0n) is 20.3. The van der Waals surface area contributed by atoms with Gasteiger partial charge in [-0.3, -0.25) is 9.48 Å². The first kappa shape index (κ1) is 26.4. The number of nitrogens with zero attached hydrogens (tertiary/aromatic N) is 6. The zero-order valence-corrected chi connectivity index (χ0v) is 20.3. The molecule has 0 fully saturated rings. The van der Waals surface area contributed by atoms with Crippen molar-refractivity contribution in [2.24, 2.45) is 13.0 Å². The van der Waals surface area contributed by atoms with Crippen LogP contribution >= 0.6 is 0 Å². The van der Waals surface area contributed by atoms with Gasteiger partial charge < -0.3 is 21.5 Å². The van der Waals surface area contributed by atoms with Gasteiger partial charge in [-0.05, 0) is 18.9 Å². The van der Waals surface area contributed by atoms with Crippen LogP contribution in [0.4, 0.5) is 25.1 Å². The Morgan fingerprint density at radius 1 is 1.08 bits per heavy atom. The molecule has 1 atom stereocenters. The van der Waals surface area contributed by atoms with Crippen LogP contribution in [0.3, 0.4) is 0 Å². The molecular weight excluding hydrogens is 479 g/mol. The van der Waals surface area contributed by atoms with Crippen LogP contribution in [0.2, 0.25) is 0 Å². The van der Waals surface area contributed by atoms with Gasteiger partial charge in [-0.1, -0.05) is 19.9 Å². The highest BCUT2D eigenvalue weighted by atomic mass is 19.4. The Hall–Kier alpha value is -4.23. The van der Waals surface area contributed by atoms with Gasteiger partial charge in [-0.25, -0.2) is 15.0 Å². The molecule has 0 radical (unpaired) electrons. The lowest BCUT2D eigenvalue weighted by atomic mass is 10.1. The Labute approximate surface area is 204 Å². The SMILES string of the molecule is CC(C)[C@@H](C)Oc1nc(N)ncc1C(F)(F)F.CNC(=O)c1nn(C)c2c1ccc1cnc(N)nc12. The summed E-state index contributed by atoms with van der Waals surface area (Å²) in [6, 6.07) is 3.69. The van der Waals surface area contributed by atoms with Gasteiger partial charge in [0.2, 0.25) is 17.8 Å². The van der Waals surface area contributed by atoms with Crippen molar-refractivity contribution in [2.45, 2.75) is 33.1 Å². The molecule has 5 N–H and O–H groups in total. The Balaban J connectivity index is 0.000000202. The molecule has 3 aromatic heterocycles. The second-order valence-corrected chi connectivity index (χ2v) is 8.19. The first-order chi connectivity index (χ1) is 16.8. The molecule has 3 heterocycles. The van der Waals surface area contributed by atoms with Gasteiger partial charge in [0.15, 0.2) is 5.69 Å². The number of nitrogens with two attached hydrogens (primary N) is 2. The van der Waals surface area contributed by atoms with E-state index in [0.29, 0.717) is 17.4 Å². The molecular formula is C22H26F3N9O2. The number of carbonyl (C=O) groups excluding carboxylic acids is 1. The molecule has 0 saturated carbocycles. The summed E-state index contributed by atoms with van der Waals surface area (Å²) in [4.78, 5) is 26.8. The van der Waals surface area contributed by atoms with E-state index in [0.717, 1.165) is 16.3 Å². The molecule has 0 bridgehead atoms. The van der Waals surface area contributed by atoms with Crippen LogP contribution in [0.15, 0.2) is 24.5 Å². The van der Waals surface area contributed by atoms with E-state index in [9.17, 15) is 18.0 Å². The zero-order chi connectivity index (χ0) is 26.8. The molecule has 1 aromatic carbocycles. The van der Waals surface area contributed by atoms with Crippen molar-refractivity contribution in [3.8, 4) is 5.88 Å². The second kappa shape index (κ2) is 10.2. The number of alkyl halides is 3. The van der Waals surface area contributed by atoms with Crippen molar-refractivity contribution in [2.75, 3.05) is 18.5 Å². The molecule has 0 aliphatic carbocycles. The molecule has 4 aromatic rings. The number of nitrogen functional groups attached to an aromatic ring is 2. The number of hydrogen-bond acceptors (Lipinski definition) is 9. The molecule has 0 spiro atoms. The van der Waals surface area contributed by atoms with E-state index in [-0.39, 0.29) is 23.7 Å². The Morgan fingerprint density at radius 3 is 2.33 bits per heavy atom. The lowest BCUT2D eigenvalue weighted by Crippen LogP contribution is -2.22. The third-order valence-electron chi connectivity index (χ3n) is 5.33. The summed E-state index contributed by atoms with van der Waals surface area (Å²) in [5, 5.41) is 8.42. The molecule has 0 saturated heterocycles. The van der Waals surface area contributed by atoms with Crippen LogP contribution in [-0.2, 0) is 13.2 Å². The molecule has 11 nitrogen and oxygen atoms in total. The monoisotopic (exact) mass is 505 g/mol. The van der Waals surface area contributed by atoms with Crippen LogP contribution in [0.1, 0.15) is 36.8 Å². The fourth-order valence-electron chi connectivity index (χ4n) is 3.13. The maximum absolute atomic E-state index is 12.6. The maximum atomic E-state index is 12.6. The van der Waals surface area contributed by atoms with Crippen molar-refractivity contribution in [1.82, 2.24) is 35.0 Å². The van der Waals surface area contributed by atoms with E-state index in [2.05, 4.69) is 30.4 Å². The average molecular weight is 506 g/mol. The number of aromatic nitrogens is 6. The normalized spacial score (nSPS) is 12.4. The smallest absolute Gasteiger partial charge is 0.423 e. The van der Waals surface area contributed by atoms with E-state index in [4.69, 9.17) is 16.2 Å². The van der Waals surface area contributed by atoms with Crippen LogP contribution in [0, 0.1) is 5.92 Å². The number of carbonyl (C=O) groups is 1. The van der Waals surface area contributed by atoms with Gasteiger partial charge >= 0.3 is 6.18 Å². The summed E-state index contributed by atoms with van der Waals surface area (Å²) in [5.74, 6) is -0.739. The highest BCUT2D eigenvalue weighted by Crippen LogP contribution is 2.35. The predicted molar refractivity (Wildman–Crippen MR) is 128 cm³/mol. The van der Waals surface area contributed by atoms with Crippen molar-refractivity contribution in [3.63, 3.8) is 0 Å². The van der Waals surface area contributed by atoms with Crippen LogP contribution in [0.25, 0.3) is 21.8 Å². The fraction of sp³-hybridized carbons (Fsp3) is 0.364. The maximum Gasteiger partial charge on any atom is 0.423 e. The Bertz CT molecular complexity index is 1400. The van der Waals surface area contributed by atoms with Crippen LogP contribution in [-0.4, -0.2) is 48.8 Å². The molecule has 4 rings (SSSR count). The van der Waals surface area contributed by atoms with E-state index < -0.39 is 23.7 Å². The Morgan fingerprint density at radius 2 is 1.72 bits per heavy atom.